The molecule has 216 valence electrons. The fraction of sp³-hybridized carbons (Fsp3) is 0.367. The summed E-state index contributed by atoms with van der Waals surface area (Å²) in [7, 11) is 1.65. The molecule has 2 N–H and O–H groups in total. The lowest BCUT2D eigenvalue weighted by Gasteiger charge is -2.32. The summed E-state index contributed by atoms with van der Waals surface area (Å²) >= 11 is 3.38. The minimum atomic E-state index is -0.408. The molecule has 0 bridgehead atoms. The van der Waals surface area contributed by atoms with Gasteiger partial charge in [0.15, 0.2) is 16.7 Å². The maximum atomic E-state index is 15.0. The lowest BCUT2D eigenvalue weighted by Crippen LogP contribution is -2.39. The average Bonchev–Trinajstić information content (AvgIpc) is 3.42. The van der Waals surface area contributed by atoms with Gasteiger partial charge in [-0.2, -0.15) is 11.8 Å². The maximum Gasteiger partial charge on any atom is 0.227 e. The summed E-state index contributed by atoms with van der Waals surface area (Å²) in [6, 6.07) is 14.5. The Morgan fingerprint density at radius 3 is 2.73 bits per heavy atom. The number of thioether (sulfide) groups is 1. The Balaban J connectivity index is 1.30. The van der Waals surface area contributed by atoms with Gasteiger partial charge >= 0.3 is 0 Å². The first-order chi connectivity index (χ1) is 20.1. The van der Waals surface area contributed by atoms with Crippen LogP contribution in [0.3, 0.4) is 0 Å². The predicted molar refractivity (Wildman–Crippen MR) is 167 cm³/mol. The van der Waals surface area contributed by atoms with Gasteiger partial charge in [0.25, 0.3) is 0 Å². The van der Waals surface area contributed by atoms with Gasteiger partial charge in [-0.25, -0.2) is 19.3 Å². The number of hydrogen-bond acceptors (Lipinski definition) is 10. The molecule has 2 aromatic heterocycles. The van der Waals surface area contributed by atoms with Crippen LogP contribution in [0.25, 0.3) is 21.8 Å². The van der Waals surface area contributed by atoms with Crippen molar-refractivity contribution in [3.05, 3.63) is 60.5 Å². The van der Waals surface area contributed by atoms with Crippen LogP contribution in [-0.2, 0) is 0 Å². The van der Waals surface area contributed by atoms with E-state index in [1.165, 1.54) is 17.4 Å². The van der Waals surface area contributed by atoms with Crippen molar-refractivity contribution >= 4 is 39.9 Å². The number of nitrogens with one attached hydrogen (secondary N) is 2. The second kappa shape index (κ2) is 14.0. The first kappa shape index (κ1) is 29.1. The lowest BCUT2D eigenvalue weighted by molar-refractivity contribution is 0.101. The summed E-state index contributed by atoms with van der Waals surface area (Å²) in [6.45, 7) is 5.84. The van der Waals surface area contributed by atoms with Crippen LogP contribution in [0.5, 0.6) is 11.5 Å². The molecule has 4 aromatic rings. The number of methoxy groups -OCH3 is 1. The van der Waals surface area contributed by atoms with Crippen LogP contribution in [0.4, 0.5) is 21.2 Å². The van der Waals surface area contributed by atoms with Gasteiger partial charge in [0.05, 0.1) is 23.4 Å². The third kappa shape index (κ3) is 7.46. The highest BCUT2D eigenvalue weighted by Crippen LogP contribution is 2.39. The van der Waals surface area contributed by atoms with Crippen molar-refractivity contribution in [3.8, 4) is 33.3 Å². The Bertz CT molecular complexity index is 1440. The molecule has 0 spiro atoms. The molecular weight excluding hydrogens is 560 g/mol. The number of benzene rings is 2. The van der Waals surface area contributed by atoms with E-state index in [4.69, 9.17) is 19.4 Å². The van der Waals surface area contributed by atoms with E-state index < -0.39 is 5.82 Å². The molecule has 0 radical (unpaired) electrons. The van der Waals surface area contributed by atoms with E-state index in [-0.39, 0.29) is 11.9 Å². The minimum Gasteiger partial charge on any atom is -0.497 e. The molecule has 2 aromatic carbocycles. The standard InChI is InChI=1S/C30H35FN6O2S2/c1-4-32-30-36-27(20-6-5-7-23(18-20)38-2)28(41-30)25-10-13-33-29(35-25)34-21-8-9-26(24(31)19-21)39-22-11-14-37(15-12-22)16-17-40-3/h5-10,13,18-19,22H,4,11-12,14-17H2,1-3H3,(H,32,36)(H,33,34,35). The van der Waals surface area contributed by atoms with Crippen molar-refractivity contribution < 1.29 is 13.9 Å². The Hall–Kier alpha value is -3.41. The summed E-state index contributed by atoms with van der Waals surface area (Å²) in [4.78, 5) is 17.3. The molecule has 0 saturated carbocycles. The molecular formula is C30H35FN6O2S2. The highest BCUT2D eigenvalue weighted by Gasteiger charge is 2.22. The number of piperidine rings is 1. The zero-order valence-electron chi connectivity index (χ0n) is 23.5. The number of likely N-dealkylation sites (tertiary alicyclic amines) is 1. The number of hydrogen-bond donors (Lipinski definition) is 2. The number of anilines is 3. The summed E-state index contributed by atoms with van der Waals surface area (Å²) in [5.41, 5.74) is 2.99. The number of rotatable bonds is 12. The van der Waals surface area contributed by atoms with Crippen LogP contribution >= 0.6 is 23.1 Å². The van der Waals surface area contributed by atoms with E-state index in [1.807, 2.05) is 49.0 Å². The van der Waals surface area contributed by atoms with Gasteiger partial charge in [-0.05, 0) is 56.4 Å². The van der Waals surface area contributed by atoms with Gasteiger partial charge in [-0.1, -0.05) is 23.5 Å². The zero-order chi connectivity index (χ0) is 28.6. The normalized spacial score (nSPS) is 14.1. The zero-order valence-corrected chi connectivity index (χ0v) is 25.2. The van der Waals surface area contributed by atoms with Gasteiger partial charge in [-0.15, -0.1) is 0 Å². The third-order valence-corrected chi connectivity index (χ3v) is 8.44. The molecule has 0 unspecified atom stereocenters. The molecule has 11 heteroatoms. The van der Waals surface area contributed by atoms with Gasteiger partial charge in [-0.3, -0.25) is 0 Å². The fourth-order valence-electron chi connectivity index (χ4n) is 4.69. The topological polar surface area (TPSA) is 84.4 Å². The largest absolute Gasteiger partial charge is 0.497 e. The van der Waals surface area contributed by atoms with Gasteiger partial charge in [0.1, 0.15) is 11.9 Å². The number of nitrogens with zero attached hydrogens (tertiary/aromatic N) is 4. The summed E-state index contributed by atoms with van der Waals surface area (Å²) < 4.78 is 26.5. The van der Waals surface area contributed by atoms with E-state index in [9.17, 15) is 0 Å². The highest BCUT2D eigenvalue weighted by atomic mass is 32.2. The summed E-state index contributed by atoms with van der Waals surface area (Å²) in [5.74, 6) is 2.11. The molecule has 0 atom stereocenters. The van der Waals surface area contributed by atoms with E-state index in [0.717, 1.165) is 71.8 Å². The van der Waals surface area contributed by atoms with E-state index >= 15 is 4.39 Å². The van der Waals surface area contributed by atoms with Crippen molar-refractivity contribution in [2.45, 2.75) is 25.9 Å². The smallest absolute Gasteiger partial charge is 0.227 e. The van der Waals surface area contributed by atoms with E-state index in [2.05, 4.69) is 26.8 Å². The first-order valence-corrected chi connectivity index (χ1v) is 15.9. The van der Waals surface area contributed by atoms with Crippen LogP contribution in [0, 0.1) is 5.82 Å². The Morgan fingerprint density at radius 1 is 1.12 bits per heavy atom. The van der Waals surface area contributed by atoms with Crippen molar-refractivity contribution in [3.63, 3.8) is 0 Å². The Kier molecular flexibility index (Phi) is 9.92. The monoisotopic (exact) mass is 594 g/mol. The highest BCUT2D eigenvalue weighted by molar-refractivity contribution is 7.98. The Morgan fingerprint density at radius 2 is 1.98 bits per heavy atom. The van der Waals surface area contributed by atoms with Gasteiger partial charge < -0.3 is 25.0 Å². The van der Waals surface area contributed by atoms with Crippen LogP contribution in [-0.4, -0.2) is 71.3 Å². The van der Waals surface area contributed by atoms with Crippen molar-refractivity contribution in [1.82, 2.24) is 19.9 Å². The number of thiazole rings is 1. The van der Waals surface area contributed by atoms with Gasteiger partial charge in [0.2, 0.25) is 5.95 Å². The summed E-state index contributed by atoms with van der Waals surface area (Å²) in [6.07, 6.45) is 5.64. The van der Waals surface area contributed by atoms with Crippen molar-refractivity contribution in [2.24, 2.45) is 0 Å². The average molecular weight is 595 g/mol. The quantitative estimate of drug-likeness (QED) is 0.184. The third-order valence-electron chi connectivity index (χ3n) is 6.81. The number of aromatic nitrogens is 3. The molecule has 1 aliphatic rings. The number of halogens is 1. The minimum absolute atomic E-state index is 0.0270. The molecule has 3 heterocycles. The molecule has 0 aliphatic carbocycles. The van der Waals surface area contributed by atoms with E-state index in [0.29, 0.717) is 17.3 Å². The molecule has 8 nitrogen and oxygen atoms in total. The molecule has 5 rings (SSSR count). The first-order valence-electron chi connectivity index (χ1n) is 13.7. The molecule has 41 heavy (non-hydrogen) atoms. The Labute approximate surface area is 248 Å². The van der Waals surface area contributed by atoms with Crippen LogP contribution in [0.1, 0.15) is 19.8 Å². The predicted octanol–water partition coefficient (Wildman–Crippen LogP) is 6.80. The maximum absolute atomic E-state index is 15.0. The van der Waals surface area contributed by atoms with Crippen LogP contribution in [0.2, 0.25) is 0 Å². The fourth-order valence-corrected chi connectivity index (χ4v) is 6.15. The second-order valence-corrected chi connectivity index (χ2v) is 11.6. The molecule has 1 fully saturated rings. The SMILES string of the molecule is CCNc1nc(-c2cccc(OC)c2)c(-c2ccnc(Nc3ccc(OC4CCN(CCSC)CC4)c(F)c3)n2)s1. The molecule has 1 aliphatic heterocycles. The van der Waals surface area contributed by atoms with Crippen LogP contribution in [0.15, 0.2) is 54.7 Å². The summed E-state index contributed by atoms with van der Waals surface area (Å²) in [5, 5.41) is 7.25. The van der Waals surface area contributed by atoms with Crippen molar-refractivity contribution in [1.29, 1.82) is 0 Å². The van der Waals surface area contributed by atoms with Crippen LogP contribution < -0.4 is 20.1 Å². The molecule has 0 amide bonds. The van der Waals surface area contributed by atoms with E-state index in [1.54, 1.807) is 25.4 Å². The lowest BCUT2D eigenvalue weighted by atomic mass is 10.1. The van der Waals surface area contributed by atoms with Crippen molar-refractivity contribution in [2.75, 3.05) is 55.9 Å². The van der Waals surface area contributed by atoms with Gasteiger partial charge in [0, 0.05) is 55.4 Å². The second-order valence-electron chi connectivity index (χ2n) is 9.65. The molecule has 1 saturated heterocycles. The number of ether oxygens (including phenoxy) is 2.